The Hall–Kier alpha value is -1.24. The predicted octanol–water partition coefficient (Wildman–Crippen LogP) is 3.43. The Kier molecular flexibility index (Phi) is 6.71. The molecular weight excluding hydrogens is 155 g/mol. The molecule has 0 aliphatic rings. The molecule has 0 heterocycles. The minimum absolute atomic E-state index is 0.978. The van der Waals surface area contributed by atoms with Crippen LogP contribution in [0.5, 0.6) is 0 Å². The number of hydrogen-bond donors (Lipinski definition) is 0. The molecule has 0 nitrogen and oxygen atoms in total. The van der Waals surface area contributed by atoms with Gasteiger partial charge in [0.25, 0.3) is 0 Å². The van der Waals surface area contributed by atoms with Crippen LogP contribution < -0.4 is 0 Å². The van der Waals surface area contributed by atoms with Crippen LogP contribution in [0.25, 0.3) is 0 Å². The predicted molar refractivity (Wildman–Crippen MR) is 62.8 cm³/mol. The molecule has 0 rings (SSSR count). The van der Waals surface area contributed by atoms with Gasteiger partial charge in [-0.25, -0.2) is 0 Å². The summed E-state index contributed by atoms with van der Waals surface area (Å²) in [7, 11) is 1.99. The first-order chi connectivity index (χ1) is 6.24. The van der Waals surface area contributed by atoms with Crippen LogP contribution in [0.3, 0.4) is 0 Å². The van der Waals surface area contributed by atoms with Crippen molar-refractivity contribution >= 4 is 7.28 Å². The highest BCUT2D eigenvalue weighted by atomic mass is 13.8. The lowest BCUT2D eigenvalue weighted by molar-refractivity contribution is 1.68. The maximum absolute atomic E-state index is 3.90. The third-order valence-electron chi connectivity index (χ3n) is 1.53. The quantitative estimate of drug-likeness (QED) is 0.439. The third-order valence-corrected chi connectivity index (χ3v) is 1.53. The first-order valence-corrected chi connectivity index (χ1v) is 4.36. The molecule has 0 spiro atoms. The third kappa shape index (κ3) is 5.97. The minimum atomic E-state index is 0.978. The summed E-state index contributed by atoms with van der Waals surface area (Å²) < 4.78 is 0. The molecule has 0 aromatic heterocycles. The molecule has 0 aromatic rings. The molecule has 0 saturated heterocycles. The monoisotopic (exact) mass is 171 g/mol. The van der Waals surface area contributed by atoms with E-state index >= 15 is 0 Å². The lowest BCUT2D eigenvalue weighted by Crippen LogP contribution is -1.94. The molecule has 0 fully saturated rings. The van der Waals surface area contributed by atoms with Crippen molar-refractivity contribution in [2.24, 2.45) is 0 Å². The van der Waals surface area contributed by atoms with E-state index < -0.39 is 0 Å². The molecule has 0 amide bonds. The Labute approximate surface area is 82.3 Å². The summed E-state index contributed by atoms with van der Waals surface area (Å²) in [5.74, 6) is 0. The number of hydrogen-bond acceptors (Lipinski definition) is 0. The summed E-state index contributed by atoms with van der Waals surface area (Å²) >= 11 is 0. The first kappa shape index (κ1) is 11.8. The molecule has 0 aliphatic carbocycles. The number of rotatable bonds is 5. The van der Waals surface area contributed by atoms with Crippen molar-refractivity contribution in [2.75, 3.05) is 0 Å². The molecule has 1 radical (unpaired) electrons. The second kappa shape index (κ2) is 7.42. The molecule has 0 unspecified atom stereocenters. The van der Waals surface area contributed by atoms with Gasteiger partial charge in [0.2, 0.25) is 0 Å². The molecule has 13 heavy (non-hydrogen) atoms. The Balaban J connectivity index is 4.08. The van der Waals surface area contributed by atoms with Crippen LogP contribution in [-0.2, 0) is 0 Å². The Bertz CT molecular complexity index is 254. The van der Waals surface area contributed by atoms with E-state index in [0.717, 1.165) is 10.9 Å². The van der Waals surface area contributed by atoms with Crippen LogP contribution in [0.2, 0.25) is 0 Å². The van der Waals surface area contributed by atoms with Gasteiger partial charge in [-0.2, -0.15) is 0 Å². The van der Waals surface area contributed by atoms with E-state index in [1.807, 2.05) is 57.6 Å². The summed E-state index contributed by atoms with van der Waals surface area (Å²) in [4.78, 5) is 0. The van der Waals surface area contributed by atoms with Gasteiger partial charge in [-0.3, -0.25) is 0 Å². The van der Waals surface area contributed by atoms with Crippen LogP contribution in [0.15, 0.2) is 60.6 Å². The lowest BCUT2D eigenvalue weighted by atomic mass is 9.63. The van der Waals surface area contributed by atoms with Gasteiger partial charge in [0.15, 0.2) is 7.28 Å². The molecule has 67 valence electrons. The second-order valence-corrected chi connectivity index (χ2v) is 2.60. The fourth-order valence-corrected chi connectivity index (χ4v) is 0.813. The van der Waals surface area contributed by atoms with E-state index in [0.29, 0.717) is 0 Å². The van der Waals surface area contributed by atoms with Crippen molar-refractivity contribution < 1.29 is 0 Å². The van der Waals surface area contributed by atoms with Crippen LogP contribution >= 0.6 is 0 Å². The van der Waals surface area contributed by atoms with Crippen LogP contribution in [-0.4, -0.2) is 7.28 Å². The molecule has 0 bridgehead atoms. The maximum atomic E-state index is 3.90. The van der Waals surface area contributed by atoms with Crippen LogP contribution in [0.1, 0.15) is 13.8 Å². The molecular formula is C12H16B. The van der Waals surface area contributed by atoms with Gasteiger partial charge in [0.1, 0.15) is 0 Å². The van der Waals surface area contributed by atoms with Gasteiger partial charge in [-0.05, 0) is 13.8 Å². The first-order valence-electron chi connectivity index (χ1n) is 4.36. The van der Waals surface area contributed by atoms with Crippen molar-refractivity contribution in [1.82, 2.24) is 0 Å². The largest absolute Gasteiger partial charge is 0.190 e. The van der Waals surface area contributed by atoms with Gasteiger partial charge in [0, 0.05) is 0 Å². The van der Waals surface area contributed by atoms with E-state index in [4.69, 9.17) is 0 Å². The average Bonchev–Trinajstić information content (AvgIpc) is 2.14. The zero-order chi connectivity index (χ0) is 10.1. The molecule has 0 aromatic carbocycles. The average molecular weight is 171 g/mol. The van der Waals surface area contributed by atoms with E-state index in [1.165, 1.54) is 0 Å². The van der Waals surface area contributed by atoms with Crippen molar-refractivity contribution in [3.05, 3.63) is 60.6 Å². The second-order valence-electron chi connectivity index (χ2n) is 2.60. The molecule has 0 aliphatic heterocycles. The van der Waals surface area contributed by atoms with Gasteiger partial charge < -0.3 is 0 Å². The molecule has 0 atom stereocenters. The van der Waals surface area contributed by atoms with Gasteiger partial charge in [-0.1, -0.05) is 54.0 Å². The highest BCUT2D eigenvalue weighted by Crippen LogP contribution is 2.00. The Morgan fingerprint density at radius 1 is 1.23 bits per heavy atom. The lowest BCUT2D eigenvalue weighted by Gasteiger charge is -1.97. The van der Waals surface area contributed by atoms with Crippen molar-refractivity contribution in [2.45, 2.75) is 13.8 Å². The fraction of sp³-hybridized carbons (Fsp3) is 0.167. The smallest absolute Gasteiger partial charge is 0.105 e. The molecule has 0 N–H and O–H groups in total. The van der Waals surface area contributed by atoms with Gasteiger partial charge in [0.05, 0.1) is 0 Å². The highest BCUT2D eigenvalue weighted by Gasteiger charge is 1.94. The zero-order valence-corrected chi connectivity index (χ0v) is 8.46. The standard InChI is InChI=1S/C12H16B/c1-5-8-9-10-11(4)13-12(6-2)7-3/h5-10H,2,4H2,1,3H3/b8-5-,10-9-,12-7+. The Morgan fingerprint density at radius 3 is 2.38 bits per heavy atom. The summed E-state index contributed by atoms with van der Waals surface area (Å²) in [5.41, 5.74) is 2.07. The van der Waals surface area contributed by atoms with Gasteiger partial charge >= 0.3 is 0 Å². The normalized spacial score (nSPS) is 12.3. The van der Waals surface area contributed by atoms with E-state index in [-0.39, 0.29) is 0 Å². The summed E-state index contributed by atoms with van der Waals surface area (Å²) in [5, 5.41) is 0. The van der Waals surface area contributed by atoms with Crippen molar-refractivity contribution in [3.63, 3.8) is 0 Å². The molecule has 1 heteroatoms. The van der Waals surface area contributed by atoms with E-state index in [1.54, 1.807) is 0 Å². The zero-order valence-electron chi connectivity index (χ0n) is 8.46. The van der Waals surface area contributed by atoms with Crippen molar-refractivity contribution in [3.8, 4) is 0 Å². The minimum Gasteiger partial charge on any atom is -0.105 e. The highest BCUT2D eigenvalue weighted by molar-refractivity contribution is 6.55. The summed E-state index contributed by atoms with van der Waals surface area (Å²) in [6, 6.07) is 0. The van der Waals surface area contributed by atoms with Crippen LogP contribution in [0.4, 0.5) is 0 Å². The van der Waals surface area contributed by atoms with E-state index in [2.05, 4.69) is 13.2 Å². The van der Waals surface area contributed by atoms with Gasteiger partial charge in [-0.15, -0.1) is 6.58 Å². The Morgan fingerprint density at radius 2 is 1.92 bits per heavy atom. The molecule has 0 saturated carbocycles. The fourth-order valence-electron chi connectivity index (χ4n) is 0.813. The van der Waals surface area contributed by atoms with Crippen LogP contribution in [0, 0.1) is 0 Å². The topological polar surface area (TPSA) is 0 Å². The van der Waals surface area contributed by atoms with E-state index in [9.17, 15) is 0 Å². The van der Waals surface area contributed by atoms with Crippen molar-refractivity contribution in [1.29, 1.82) is 0 Å². The number of allylic oxidation sites excluding steroid dienone is 8. The summed E-state index contributed by atoms with van der Waals surface area (Å²) in [6.07, 6.45) is 11.7. The summed E-state index contributed by atoms with van der Waals surface area (Å²) in [6.45, 7) is 11.6. The maximum Gasteiger partial charge on any atom is 0.190 e. The SMILES string of the molecule is C=C/C([B]C(=C)/C=C\C=C/C)=C\C.